The Morgan fingerprint density at radius 3 is 2.60 bits per heavy atom. The van der Waals surface area contributed by atoms with Gasteiger partial charge in [0.25, 0.3) is 0 Å². The zero-order chi connectivity index (χ0) is 7.82. The molecule has 0 spiro atoms. The van der Waals surface area contributed by atoms with Crippen molar-refractivity contribution in [2.45, 2.75) is 39.5 Å². The minimum atomic E-state index is 0.719. The summed E-state index contributed by atoms with van der Waals surface area (Å²) < 4.78 is 0. The van der Waals surface area contributed by atoms with Crippen molar-refractivity contribution in [1.29, 1.82) is 0 Å². The predicted molar refractivity (Wildman–Crippen MR) is 44.0 cm³/mol. The third-order valence-electron chi connectivity index (χ3n) is 1.64. The monoisotopic (exact) mass is 140 g/mol. The summed E-state index contributed by atoms with van der Waals surface area (Å²) in [6, 6.07) is 0. The van der Waals surface area contributed by atoms with E-state index in [9.17, 15) is 4.79 Å². The molecule has 0 aliphatic heterocycles. The fraction of sp³-hybridized carbons (Fsp3) is 0.667. The molecule has 1 nitrogen and oxygen atoms in total. The zero-order valence-corrected chi connectivity index (χ0v) is 6.89. The van der Waals surface area contributed by atoms with Crippen LogP contribution in [0.4, 0.5) is 0 Å². The maximum Gasteiger partial charge on any atom is 0.119 e. The summed E-state index contributed by atoms with van der Waals surface area (Å²) in [5, 5.41) is 0. The average Bonchev–Trinajstić information content (AvgIpc) is 1.98. The predicted octanol–water partition coefficient (Wildman–Crippen LogP) is 2.71. The number of carbonyl (C=O) groups is 1. The molecule has 0 bridgehead atoms. The Balaban J connectivity index is 3.11. The second-order valence-electron chi connectivity index (χ2n) is 2.55. The first-order valence-corrected chi connectivity index (χ1v) is 3.86. The van der Waals surface area contributed by atoms with Gasteiger partial charge in [-0.15, -0.1) is 0 Å². The van der Waals surface area contributed by atoms with E-state index in [1.54, 1.807) is 0 Å². The van der Waals surface area contributed by atoms with Gasteiger partial charge in [0.15, 0.2) is 0 Å². The summed E-state index contributed by atoms with van der Waals surface area (Å²) in [7, 11) is 0. The van der Waals surface area contributed by atoms with Crippen LogP contribution in [0.25, 0.3) is 0 Å². The molecule has 0 fully saturated rings. The Morgan fingerprint density at radius 1 is 1.40 bits per heavy atom. The average molecular weight is 140 g/mol. The van der Waals surface area contributed by atoms with Crippen molar-refractivity contribution in [2.24, 2.45) is 0 Å². The van der Waals surface area contributed by atoms with E-state index in [2.05, 4.69) is 19.9 Å². The summed E-state index contributed by atoms with van der Waals surface area (Å²) in [6.07, 6.45) is 7.16. The van der Waals surface area contributed by atoms with Gasteiger partial charge in [0.2, 0.25) is 0 Å². The van der Waals surface area contributed by atoms with Crippen LogP contribution in [0.5, 0.6) is 0 Å². The van der Waals surface area contributed by atoms with Gasteiger partial charge < -0.3 is 4.79 Å². The SMILES string of the molecule is C/C=C(\C)CCCCC=O. The molecule has 0 rings (SSSR count). The lowest BCUT2D eigenvalue weighted by Gasteiger charge is -1.96. The Kier molecular flexibility index (Phi) is 6.14. The Morgan fingerprint density at radius 2 is 2.10 bits per heavy atom. The highest BCUT2D eigenvalue weighted by Gasteiger charge is 1.88. The summed E-state index contributed by atoms with van der Waals surface area (Å²) in [5.74, 6) is 0. The molecule has 0 aliphatic carbocycles. The van der Waals surface area contributed by atoms with Crippen molar-refractivity contribution in [1.82, 2.24) is 0 Å². The highest BCUT2D eigenvalue weighted by molar-refractivity contribution is 5.48. The maximum absolute atomic E-state index is 9.90. The number of hydrogen-bond acceptors (Lipinski definition) is 1. The molecular weight excluding hydrogens is 124 g/mol. The fourth-order valence-corrected chi connectivity index (χ4v) is 0.776. The van der Waals surface area contributed by atoms with Crippen LogP contribution in [0.1, 0.15) is 39.5 Å². The molecule has 0 heterocycles. The van der Waals surface area contributed by atoms with Gasteiger partial charge in [0.05, 0.1) is 0 Å². The first-order valence-electron chi connectivity index (χ1n) is 3.86. The molecule has 0 aliphatic rings. The minimum absolute atomic E-state index is 0.719. The summed E-state index contributed by atoms with van der Waals surface area (Å²) in [6.45, 7) is 4.18. The van der Waals surface area contributed by atoms with Crippen molar-refractivity contribution in [2.75, 3.05) is 0 Å². The van der Waals surface area contributed by atoms with E-state index >= 15 is 0 Å². The molecule has 0 radical (unpaired) electrons. The molecule has 0 saturated heterocycles. The highest BCUT2D eigenvalue weighted by atomic mass is 16.1. The molecule has 58 valence electrons. The molecule has 0 aromatic heterocycles. The van der Waals surface area contributed by atoms with Gasteiger partial charge >= 0.3 is 0 Å². The smallest absolute Gasteiger partial charge is 0.119 e. The van der Waals surface area contributed by atoms with Crippen LogP contribution >= 0.6 is 0 Å². The standard InChI is InChI=1S/C9H16O/c1-3-9(2)7-5-4-6-8-10/h3,8H,4-7H2,1-2H3/b9-3+. The number of aldehydes is 1. The molecule has 0 saturated carbocycles. The molecular formula is C9H16O. The molecule has 0 atom stereocenters. The van der Waals surface area contributed by atoms with Gasteiger partial charge in [-0.2, -0.15) is 0 Å². The quantitative estimate of drug-likeness (QED) is 0.326. The fourth-order valence-electron chi connectivity index (χ4n) is 0.776. The van der Waals surface area contributed by atoms with Crippen LogP contribution in [0.2, 0.25) is 0 Å². The van der Waals surface area contributed by atoms with Crippen molar-refractivity contribution in [3.05, 3.63) is 11.6 Å². The van der Waals surface area contributed by atoms with Gasteiger partial charge in [0, 0.05) is 6.42 Å². The van der Waals surface area contributed by atoms with Crippen LogP contribution in [0, 0.1) is 0 Å². The van der Waals surface area contributed by atoms with E-state index in [-0.39, 0.29) is 0 Å². The lowest BCUT2D eigenvalue weighted by Crippen LogP contribution is -1.79. The van der Waals surface area contributed by atoms with Gasteiger partial charge in [-0.25, -0.2) is 0 Å². The van der Waals surface area contributed by atoms with Gasteiger partial charge in [-0.1, -0.05) is 11.6 Å². The lowest BCUT2D eigenvalue weighted by molar-refractivity contribution is -0.107. The van der Waals surface area contributed by atoms with E-state index < -0.39 is 0 Å². The molecule has 0 aromatic rings. The molecule has 0 aromatic carbocycles. The van der Waals surface area contributed by atoms with Crippen molar-refractivity contribution in [3.8, 4) is 0 Å². The number of allylic oxidation sites excluding steroid dienone is 2. The van der Waals surface area contributed by atoms with Gasteiger partial charge in [-0.05, 0) is 33.1 Å². The molecule has 0 N–H and O–H groups in total. The zero-order valence-electron chi connectivity index (χ0n) is 6.89. The van der Waals surface area contributed by atoms with Crippen molar-refractivity contribution in [3.63, 3.8) is 0 Å². The molecule has 1 heteroatoms. The van der Waals surface area contributed by atoms with Crippen LogP contribution in [0.15, 0.2) is 11.6 Å². The Labute approximate surface area is 63.1 Å². The van der Waals surface area contributed by atoms with E-state index in [4.69, 9.17) is 0 Å². The van der Waals surface area contributed by atoms with Crippen LogP contribution in [0.3, 0.4) is 0 Å². The number of rotatable bonds is 5. The number of unbranched alkanes of at least 4 members (excludes halogenated alkanes) is 2. The van der Waals surface area contributed by atoms with Crippen molar-refractivity contribution < 1.29 is 4.79 Å². The number of carbonyl (C=O) groups excluding carboxylic acids is 1. The lowest BCUT2D eigenvalue weighted by atomic mass is 10.1. The van der Waals surface area contributed by atoms with Gasteiger partial charge in [0.1, 0.15) is 6.29 Å². The van der Waals surface area contributed by atoms with E-state index in [1.807, 2.05) is 0 Å². The van der Waals surface area contributed by atoms with Crippen LogP contribution in [-0.4, -0.2) is 6.29 Å². The first kappa shape index (κ1) is 9.41. The van der Waals surface area contributed by atoms with E-state index in [0.717, 1.165) is 32.0 Å². The highest BCUT2D eigenvalue weighted by Crippen LogP contribution is 2.06. The third kappa shape index (κ3) is 5.54. The van der Waals surface area contributed by atoms with Gasteiger partial charge in [-0.3, -0.25) is 0 Å². The van der Waals surface area contributed by atoms with E-state index in [0.29, 0.717) is 0 Å². The van der Waals surface area contributed by atoms with E-state index in [1.165, 1.54) is 5.57 Å². The Bertz CT molecular complexity index is 114. The largest absolute Gasteiger partial charge is 0.303 e. The molecule has 10 heavy (non-hydrogen) atoms. The Hall–Kier alpha value is -0.590. The summed E-state index contributed by atoms with van der Waals surface area (Å²) >= 11 is 0. The van der Waals surface area contributed by atoms with Crippen LogP contribution < -0.4 is 0 Å². The summed E-state index contributed by atoms with van der Waals surface area (Å²) in [4.78, 5) is 9.90. The topological polar surface area (TPSA) is 17.1 Å². The second-order valence-corrected chi connectivity index (χ2v) is 2.55. The third-order valence-corrected chi connectivity index (χ3v) is 1.64. The normalized spacial score (nSPS) is 11.6. The first-order chi connectivity index (χ1) is 4.81. The maximum atomic E-state index is 9.90. The molecule has 0 amide bonds. The van der Waals surface area contributed by atoms with Crippen molar-refractivity contribution >= 4 is 6.29 Å². The molecule has 0 unspecified atom stereocenters. The minimum Gasteiger partial charge on any atom is -0.303 e. The van der Waals surface area contributed by atoms with Crippen LogP contribution in [-0.2, 0) is 4.79 Å². The second kappa shape index (κ2) is 6.53. The summed E-state index contributed by atoms with van der Waals surface area (Å²) in [5.41, 5.74) is 1.42. The number of hydrogen-bond donors (Lipinski definition) is 0.